The number of aromatic nitrogens is 3. The van der Waals surface area contributed by atoms with E-state index in [2.05, 4.69) is 78.8 Å². The number of thioether (sulfide) groups is 1. The molecule has 6 aromatic rings. The lowest BCUT2D eigenvalue weighted by molar-refractivity contribution is -0.137. The number of carbonyl (C=O) groups is 14. The fourth-order valence-corrected chi connectivity index (χ4v) is 13.6. The zero-order chi connectivity index (χ0) is 80.3. The number of primary amides is 2. The standard InChI is InChI=1S/C75H105N19O15S/c1-7-41(6)64-75(109)90-57(36-95)66(100)83-35-60(97)84-51(24-14-16-26-76)67(101)89-56(31-59(78)96)69(103)88-55(30-44-34-82-50-23-13-10-20-47(44)50)72(106)92-62(39(2)3)73(107)86-52(25-15-17-27-77)68(102)87-54(29-43-33-81-49-22-12-9-19-46(43)49)71(105)93-63(40(4)5)74(108)91-58(65(79)99)37-110-38-61(98)85-53(70(104)94-64)28-42-32-80-48-21-11-8-18-45(42)48/h8-13,18-23,32-34,39-41,51-58,62-64,80-82,95H,7,14-17,24-31,35-38,76-77H2,1-6H3,(H2,78,96)(H2,79,99)(H,83,100)(H,84,97)(H,85,98)(H,86,107)(H,87,102)(H,88,103)(H,89,101)(H,90,109)(H,91,108)(H,92,106)(H,93,105)(H,94,104)/t41-,51-,52+,53-,54-,55-,56-,57-,58-,62-,63-,64-/m0/s1. The number of benzene rings is 3. The monoisotopic (exact) mass is 1540 g/mol. The second kappa shape index (κ2) is 42.2. The van der Waals surface area contributed by atoms with Gasteiger partial charge in [-0.05, 0) is 104 Å². The van der Waals surface area contributed by atoms with Gasteiger partial charge in [0.15, 0.2) is 0 Å². The number of H-pyrrole nitrogens is 3. The number of hydrogen-bond acceptors (Lipinski definition) is 18. The zero-order valence-corrected chi connectivity index (χ0v) is 63.5. The van der Waals surface area contributed by atoms with Crippen molar-refractivity contribution in [2.24, 2.45) is 40.7 Å². The van der Waals surface area contributed by atoms with Crippen LogP contribution in [0.25, 0.3) is 32.7 Å². The minimum Gasteiger partial charge on any atom is -0.394 e. The van der Waals surface area contributed by atoms with Crippen LogP contribution >= 0.6 is 11.8 Å². The summed E-state index contributed by atoms with van der Waals surface area (Å²) in [6, 6.07) is 4.84. The lowest BCUT2D eigenvalue weighted by Crippen LogP contribution is -2.62. The highest BCUT2D eigenvalue weighted by molar-refractivity contribution is 8.00. The predicted molar refractivity (Wildman–Crippen MR) is 413 cm³/mol. The lowest BCUT2D eigenvalue weighted by Gasteiger charge is -2.29. The van der Waals surface area contributed by atoms with Crippen LogP contribution in [0.1, 0.15) is 110 Å². The van der Waals surface area contributed by atoms with E-state index in [4.69, 9.17) is 22.9 Å². The van der Waals surface area contributed by atoms with Gasteiger partial charge in [0.2, 0.25) is 82.7 Å². The number of aliphatic hydroxyl groups is 1. The van der Waals surface area contributed by atoms with Crippen LogP contribution in [0, 0.1) is 17.8 Å². The molecule has 3 aromatic carbocycles. The fraction of sp³-hybridized carbons (Fsp3) is 0.493. The van der Waals surface area contributed by atoms with Crippen LogP contribution in [0.5, 0.6) is 0 Å². The van der Waals surface area contributed by atoms with Crippen LogP contribution in [-0.4, -0.2) is 207 Å². The molecule has 1 aliphatic rings. The lowest BCUT2D eigenvalue weighted by atomic mass is 9.96. The molecule has 0 aliphatic carbocycles. The van der Waals surface area contributed by atoms with E-state index in [0.29, 0.717) is 62.2 Å². The Hall–Kier alpha value is -10.9. The Morgan fingerprint density at radius 1 is 0.445 bits per heavy atom. The number of carbonyl (C=O) groups excluding carboxylic acids is 14. The van der Waals surface area contributed by atoms with E-state index in [1.54, 1.807) is 127 Å². The first kappa shape index (κ1) is 86.3. The van der Waals surface area contributed by atoms with Crippen LogP contribution in [-0.2, 0) is 86.4 Å². The summed E-state index contributed by atoms with van der Waals surface area (Å²) in [5.41, 5.74) is 27.0. The molecule has 0 bridgehead atoms. The average Bonchev–Trinajstić information content (AvgIpc) is 1.63. The van der Waals surface area contributed by atoms with E-state index in [1.165, 1.54) is 0 Å². The van der Waals surface area contributed by atoms with Crippen LogP contribution < -0.4 is 86.7 Å². The Bertz CT molecular complexity index is 4230. The third-order valence-electron chi connectivity index (χ3n) is 19.1. The molecule has 110 heavy (non-hydrogen) atoms. The van der Waals surface area contributed by atoms with Gasteiger partial charge < -0.3 is 107 Å². The second-order valence-electron chi connectivity index (χ2n) is 28.2. The zero-order valence-electron chi connectivity index (χ0n) is 62.6. The summed E-state index contributed by atoms with van der Waals surface area (Å²) in [6.45, 7) is 8.35. The number of amides is 14. The quantitative estimate of drug-likeness (QED) is 0.0338. The highest BCUT2D eigenvalue weighted by atomic mass is 32.2. The van der Waals surface area contributed by atoms with E-state index in [0.717, 1.165) is 11.8 Å². The van der Waals surface area contributed by atoms with Crippen LogP contribution in [0.2, 0.25) is 0 Å². The molecule has 12 atom stereocenters. The predicted octanol–water partition coefficient (Wildman–Crippen LogP) is -1.68. The Morgan fingerprint density at radius 3 is 1.25 bits per heavy atom. The molecule has 0 saturated carbocycles. The van der Waals surface area contributed by atoms with Crippen molar-refractivity contribution < 1.29 is 72.2 Å². The molecular formula is C75H105N19O15S. The molecule has 24 N–H and O–H groups in total. The van der Waals surface area contributed by atoms with Gasteiger partial charge in [-0.2, -0.15) is 0 Å². The van der Waals surface area contributed by atoms with E-state index in [1.807, 2.05) is 6.07 Å². The van der Waals surface area contributed by atoms with Crippen molar-refractivity contribution >= 4 is 127 Å². The van der Waals surface area contributed by atoms with Gasteiger partial charge in [0, 0.05) is 76.3 Å². The molecule has 34 nitrogen and oxygen atoms in total. The summed E-state index contributed by atoms with van der Waals surface area (Å²) < 4.78 is 0. The normalized spacial score (nSPS) is 23.5. The van der Waals surface area contributed by atoms with Crippen molar-refractivity contribution in [3.05, 3.63) is 108 Å². The maximum Gasteiger partial charge on any atom is 0.245 e. The van der Waals surface area contributed by atoms with Gasteiger partial charge >= 0.3 is 0 Å². The second-order valence-corrected chi connectivity index (χ2v) is 29.2. The summed E-state index contributed by atoms with van der Waals surface area (Å²) in [4.78, 5) is 210. The SMILES string of the molecule is CC[C@H](C)[C@@H]1NC(=O)[C@H](Cc2c[nH]c3ccccc23)NC(=O)CSC[C@@H](C(N)=O)NC(=O)[C@H](C(C)C)NC(=O)[C@H](Cc2c[nH]c3ccccc23)NC(=O)[C@@H](CCCCN)NC(=O)[C@H](C(C)C)NC(=O)[C@H](Cc2c[nH]c3ccccc23)NC(=O)[C@H](CC(N)=O)NC(=O)[C@H](CCCCN)NC(=O)CNC(=O)[C@H](CO)NC1=O. The maximum absolute atomic E-state index is 15.0. The van der Waals surface area contributed by atoms with Gasteiger partial charge in [-0.1, -0.05) is 103 Å². The first-order valence-corrected chi connectivity index (χ1v) is 38.1. The number of hydrogen-bond donors (Lipinski definition) is 20. The molecule has 1 saturated heterocycles. The van der Waals surface area contributed by atoms with Gasteiger partial charge in [-0.25, -0.2) is 0 Å². The van der Waals surface area contributed by atoms with Gasteiger partial charge in [-0.3, -0.25) is 67.1 Å². The largest absolute Gasteiger partial charge is 0.394 e. The number of nitrogens with two attached hydrogens (primary N) is 4. The van der Waals surface area contributed by atoms with Crippen LogP contribution in [0.15, 0.2) is 91.4 Å². The first-order chi connectivity index (χ1) is 52.5. The average molecular weight is 1540 g/mol. The summed E-state index contributed by atoms with van der Waals surface area (Å²) in [6.07, 6.45) is 4.92. The number of unbranched alkanes of at least 4 members (excludes halogenated alkanes) is 2. The molecule has 14 amide bonds. The molecular weight excluding hydrogens is 1440 g/mol. The number of fused-ring (bicyclic) bond motifs is 3. The summed E-state index contributed by atoms with van der Waals surface area (Å²) in [5, 5.41) is 44.1. The third-order valence-corrected chi connectivity index (χ3v) is 20.2. The molecule has 0 radical (unpaired) electrons. The minimum absolute atomic E-state index is 0.0366. The van der Waals surface area contributed by atoms with Crippen molar-refractivity contribution in [3.8, 4) is 0 Å². The number of aromatic amines is 3. The first-order valence-electron chi connectivity index (χ1n) is 37.0. The Kier molecular flexibility index (Phi) is 33.1. The molecule has 35 heteroatoms. The Labute approximate surface area is 640 Å². The minimum atomic E-state index is -1.81. The van der Waals surface area contributed by atoms with Crippen molar-refractivity contribution in [2.45, 2.75) is 179 Å². The van der Waals surface area contributed by atoms with Gasteiger partial charge in [0.25, 0.3) is 0 Å². The molecule has 3 aromatic heterocycles. The van der Waals surface area contributed by atoms with Crippen molar-refractivity contribution in [1.29, 1.82) is 0 Å². The van der Waals surface area contributed by atoms with E-state index in [9.17, 15) is 62.6 Å². The summed E-state index contributed by atoms with van der Waals surface area (Å²) >= 11 is 0.869. The third kappa shape index (κ3) is 24.8. The molecule has 7 rings (SSSR count). The fourth-order valence-electron chi connectivity index (χ4n) is 12.7. The Balaban J connectivity index is 1.26. The highest BCUT2D eigenvalue weighted by Gasteiger charge is 2.39. The number of aliphatic hydroxyl groups excluding tert-OH is 1. The van der Waals surface area contributed by atoms with Gasteiger partial charge in [0.05, 0.1) is 25.3 Å². The number of rotatable bonds is 22. The Morgan fingerprint density at radius 2 is 0.818 bits per heavy atom. The van der Waals surface area contributed by atoms with Crippen LogP contribution in [0.4, 0.5) is 0 Å². The van der Waals surface area contributed by atoms with Gasteiger partial charge in [-0.15, -0.1) is 11.8 Å². The summed E-state index contributed by atoms with van der Waals surface area (Å²) in [7, 11) is 0. The highest BCUT2D eigenvalue weighted by Crippen LogP contribution is 2.24. The molecule has 596 valence electrons. The number of nitrogens with one attached hydrogen (secondary N) is 15. The van der Waals surface area contributed by atoms with Crippen molar-refractivity contribution in [2.75, 3.05) is 37.7 Å². The molecule has 1 aliphatic heterocycles. The van der Waals surface area contributed by atoms with E-state index >= 15 is 9.59 Å². The van der Waals surface area contributed by atoms with Crippen molar-refractivity contribution in [3.63, 3.8) is 0 Å². The van der Waals surface area contributed by atoms with Crippen LogP contribution in [0.3, 0.4) is 0 Å². The maximum atomic E-state index is 15.0. The molecule has 0 spiro atoms. The van der Waals surface area contributed by atoms with E-state index in [-0.39, 0.29) is 70.2 Å². The topological polar surface area (TPSA) is 555 Å². The molecule has 0 unspecified atom stereocenters. The van der Waals surface area contributed by atoms with E-state index < -0.39 is 192 Å². The van der Waals surface area contributed by atoms with Gasteiger partial charge in [0.1, 0.15) is 66.5 Å². The molecule has 1 fully saturated rings. The smallest absolute Gasteiger partial charge is 0.245 e. The molecule has 4 heterocycles. The summed E-state index contributed by atoms with van der Waals surface area (Å²) in [5.74, 6) is -15.9. The number of para-hydroxylation sites is 3. The van der Waals surface area contributed by atoms with Crippen molar-refractivity contribution in [1.82, 2.24) is 78.8 Å².